The molecule has 3 heteroatoms. The molecule has 0 saturated carbocycles. The molecule has 0 unspecified atom stereocenters. The van der Waals surface area contributed by atoms with Gasteiger partial charge in [-0.15, -0.1) is 0 Å². The molecule has 0 bridgehead atoms. The summed E-state index contributed by atoms with van der Waals surface area (Å²) in [5.41, 5.74) is 0. The Balaban J connectivity index is 0. The number of rotatable bonds is 1. The van der Waals surface area contributed by atoms with E-state index in [4.69, 9.17) is 0 Å². The first-order valence-corrected chi connectivity index (χ1v) is 4.74. The zero-order chi connectivity index (χ0) is 3.41. The van der Waals surface area contributed by atoms with Gasteiger partial charge in [0.1, 0.15) is 0 Å². The van der Waals surface area contributed by atoms with Gasteiger partial charge in [-0.3, -0.25) is 0 Å². The van der Waals surface area contributed by atoms with Gasteiger partial charge >= 0.3 is 0 Å². The molecule has 0 heterocycles. The molecule has 34 valence electrons. The predicted octanol–water partition coefficient (Wildman–Crippen LogP) is -2.90. The molecule has 0 nitrogen and oxygen atoms in total. The van der Waals surface area contributed by atoms with Gasteiger partial charge in [0.2, 0.25) is 0 Å². The van der Waals surface area contributed by atoms with Gasteiger partial charge in [-0.05, 0) is 11.0 Å². The van der Waals surface area contributed by atoms with Crippen LogP contribution in [0.1, 0.15) is 0 Å². The van der Waals surface area contributed by atoms with Crippen molar-refractivity contribution in [2.75, 3.05) is 0 Å². The Hall–Kier alpha value is 0.651. The lowest BCUT2D eigenvalue weighted by Crippen LogP contribution is -1.60. The van der Waals surface area contributed by atoms with Crippen LogP contribution in [0.3, 0.4) is 0 Å². The maximum Gasteiger partial charge on any atom is 0.00240 e. The van der Waals surface area contributed by atoms with E-state index in [1.807, 2.05) is 0 Å². The van der Waals surface area contributed by atoms with Crippen LogP contribution in [-0.4, -0.2) is 31.5 Å². The van der Waals surface area contributed by atoms with Crippen molar-refractivity contribution in [1.29, 1.82) is 0 Å². The lowest BCUT2D eigenvalue weighted by atomic mass is 11.0. The highest BCUT2D eigenvalue weighted by molar-refractivity contribution is 6.16. The van der Waals surface area contributed by atoms with Gasteiger partial charge in [0, 0.05) is 20.5 Å². The van der Waals surface area contributed by atoms with Gasteiger partial charge in [-0.1, -0.05) is 12.1 Å². The van der Waals surface area contributed by atoms with Crippen LogP contribution in [0, 0.1) is 0 Å². The Morgan fingerprint density at radius 3 is 1.20 bits per heavy atom. The Morgan fingerprint density at radius 2 is 1.20 bits per heavy atom. The molecule has 0 N–H and O–H groups in total. The summed E-state index contributed by atoms with van der Waals surface area (Å²) in [7, 11) is 2.85. The van der Waals surface area contributed by atoms with Gasteiger partial charge in [-0.25, -0.2) is 0 Å². The third-order valence-electron chi connectivity index (χ3n) is 0.500. The molecule has 0 aliphatic heterocycles. The van der Waals surface area contributed by atoms with Gasteiger partial charge < -0.3 is 0 Å². The highest BCUT2D eigenvalue weighted by atomic mass is 28.2. The average Bonchev–Trinajstić information content (AvgIpc) is 1.37. The first-order chi connectivity index (χ1) is 1.91. The van der Waals surface area contributed by atoms with Crippen molar-refractivity contribution < 1.29 is 0 Å². The Morgan fingerprint density at radius 1 is 1.00 bits per heavy atom. The summed E-state index contributed by atoms with van der Waals surface area (Å²) >= 11 is 0. The molecule has 0 radical (unpaired) electrons. The second-order valence-electron chi connectivity index (χ2n) is 1.000. The Labute approximate surface area is 44.2 Å². The summed E-state index contributed by atoms with van der Waals surface area (Å²) in [4.78, 5) is 0. The van der Waals surface area contributed by atoms with Crippen molar-refractivity contribution >= 4 is 31.5 Å². The molecule has 0 aliphatic rings. The van der Waals surface area contributed by atoms with Crippen LogP contribution in [0.4, 0.5) is 0 Å². The van der Waals surface area contributed by atoms with E-state index < -0.39 is 0 Å². The molecule has 0 saturated heterocycles. The summed E-state index contributed by atoms with van der Waals surface area (Å²) in [6.45, 7) is 0. The van der Waals surface area contributed by atoms with Gasteiger partial charge in [0.25, 0.3) is 0 Å². The first kappa shape index (κ1) is 9.17. The second-order valence-corrected chi connectivity index (χ2v) is 3.00. The minimum atomic E-state index is 0. The molecule has 0 atom stereocenters. The number of hydrogen-bond donors (Lipinski definition) is 0. The highest BCUT2D eigenvalue weighted by Crippen LogP contribution is 1.70. The van der Waals surface area contributed by atoms with Crippen molar-refractivity contribution in [3.63, 3.8) is 0 Å². The Kier molecular flexibility index (Phi) is 16.2. The number of hydrogen-bond acceptors (Lipinski definition) is 0. The van der Waals surface area contributed by atoms with E-state index in [9.17, 15) is 0 Å². The second kappa shape index (κ2) is 8.82. The molecule has 0 aromatic carbocycles. The monoisotopic (exact) mass is 122 g/mol. The van der Waals surface area contributed by atoms with E-state index in [0.717, 1.165) is 0 Å². The summed E-state index contributed by atoms with van der Waals surface area (Å²) in [6.07, 6.45) is 0. The van der Waals surface area contributed by atoms with Gasteiger partial charge in [0.15, 0.2) is 0 Å². The van der Waals surface area contributed by atoms with E-state index in [2.05, 4.69) is 0 Å². The van der Waals surface area contributed by atoms with E-state index in [0.29, 0.717) is 0 Å². The molecular weight excluding hydrogens is 108 g/mol. The molecule has 0 fully saturated rings. The van der Waals surface area contributed by atoms with Crippen molar-refractivity contribution in [3.8, 4) is 0 Å². The molecular formula is C2H14Si3. The van der Waals surface area contributed by atoms with E-state index in [-0.39, 0.29) is 11.0 Å². The maximum absolute atomic E-state index is 1.52. The van der Waals surface area contributed by atoms with Crippen LogP contribution in [0.5, 0.6) is 0 Å². The zero-order valence-corrected chi connectivity index (χ0v) is 7.41. The quantitative estimate of drug-likeness (QED) is 0.328. The minimum Gasteiger partial charge on any atom is -0.0689 e. The predicted molar refractivity (Wildman–Crippen MR) is 40.8 cm³/mol. The lowest BCUT2D eigenvalue weighted by Gasteiger charge is -1.67. The molecule has 0 amide bonds. The summed E-state index contributed by atoms with van der Waals surface area (Å²) in [6, 6.07) is 3.04. The van der Waals surface area contributed by atoms with E-state index in [1.165, 1.54) is 32.6 Å². The molecule has 0 rings (SSSR count). The highest BCUT2D eigenvalue weighted by Gasteiger charge is 1.57. The van der Waals surface area contributed by atoms with Crippen LogP contribution in [0.2, 0.25) is 12.1 Å². The standard InChI is InChI=1S/C2H10Si2.H4Si/c3-1-2-4;/h1-2H2,3-4H3;1H4. The first-order valence-electron chi connectivity index (χ1n) is 1.91. The topological polar surface area (TPSA) is 0 Å². The summed E-state index contributed by atoms with van der Waals surface area (Å²) in [5, 5.41) is 0. The van der Waals surface area contributed by atoms with Crippen molar-refractivity contribution in [2.24, 2.45) is 0 Å². The SMILES string of the molecule is [SiH3]CC[SiH3].[SiH4]. The molecule has 5 heavy (non-hydrogen) atoms. The minimum absolute atomic E-state index is 0. The van der Waals surface area contributed by atoms with Crippen LogP contribution in [0.25, 0.3) is 0 Å². The van der Waals surface area contributed by atoms with Crippen LogP contribution >= 0.6 is 0 Å². The maximum atomic E-state index is 1.52. The largest absolute Gasteiger partial charge is 0.0689 e. The van der Waals surface area contributed by atoms with Crippen molar-refractivity contribution in [1.82, 2.24) is 0 Å². The zero-order valence-electron chi connectivity index (χ0n) is 3.41. The Bertz CT molecular complexity index is 6.85. The fourth-order valence-electron chi connectivity index (χ4n) is 0. The lowest BCUT2D eigenvalue weighted by molar-refractivity contribution is 1.46. The molecule has 0 spiro atoms. The molecule has 0 aromatic rings. The van der Waals surface area contributed by atoms with Gasteiger partial charge in [0.05, 0.1) is 0 Å². The smallest absolute Gasteiger partial charge is 0.00240 e. The summed E-state index contributed by atoms with van der Waals surface area (Å²) < 4.78 is 0. The van der Waals surface area contributed by atoms with Crippen molar-refractivity contribution in [3.05, 3.63) is 0 Å². The van der Waals surface area contributed by atoms with E-state index >= 15 is 0 Å². The fourth-order valence-corrected chi connectivity index (χ4v) is 0. The normalized spacial score (nSPS) is 7.20. The fraction of sp³-hybridized carbons (Fsp3) is 1.00. The third kappa shape index (κ3) is 12.0. The van der Waals surface area contributed by atoms with Crippen LogP contribution in [-0.2, 0) is 0 Å². The average molecular weight is 122 g/mol. The van der Waals surface area contributed by atoms with E-state index in [1.54, 1.807) is 0 Å². The van der Waals surface area contributed by atoms with Crippen molar-refractivity contribution in [2.45, 2.75) is 12.1 Å². The molecule has 0 aliphatic carbocycles. The summed E-state index contributed by atoms with van der Waals surface area (Å²) in [5.74, 6) is 0. The van der Waals surface area contributed by atoms with Gasteiger partial charge in [-0.2, -0.15) is 0 Å². The molecule has 0 aromatic heterocycles. The van der Waals surface area contributed by atoms with Crippen LogP contribution < -0.4 is 0 Å². The van der Waals surface area contributed by atoms with Crippen LogP contribution in [0.15, 0.2) is 0 Å². The third-order valence-corrected chi connectivity index (χ3v) is 4.50.